The van der Waals surface area contributed by atoms with E-state index in [0.717, 1.165) is 6.07 Å². The number of aryl methyl sites for hydroxylation is 1. The number of carbonyl (C=O) groups is 5. The average molecular weight is 457 g/mol. The molecule has 1 N–H and O–H groups in total. The molecule has 1 aromatic carbocycles. The van der Waals surface area contributed by atoms with Crippen LogP contribution in [0.2, 0.25) is 0 Å². The second kappa shape index (κ2) is 9.02. The van der Waals surface area contributed by atoms with Crippen LogP contribution in [0, 0.1) is 24.0 Å². The number of hydrogen-bond donors (Lipinski definition) is 1. The molecule has 2 amide bonds. The number of ether oxygens (including phenoxy) is 2. The van der Waals surface area contributed by atoms with E-state index in [1.807, 2.05) is 0 Å². The summed E-state index contributed by atoms with van der Waals surface area (Å²) in [5.41, 5.74) is -0.167. The molecule has 2 aromatic rings. The molecule has 0 atom stereocenters. The van der Waals surface area contributed by atoms with E-state index >= 15 is 0 Å². The normalized spacial score (nSPS) is 12.5. The van der Waals surface area contributed by atoms with Crippen LogP contribution in [0.3, 0.4) is 0 Å². The minimum atomic E-state index is -1.06. The van der Waals surface area contributed by atoms with Crippen molar-refractivity contribution < 1.29 is 38.4 Å². The van der Waals surface area contributed by atoms with Crippen molar-refractivity contribution in [3.63, 3.8) is 0 Å². The number of nitro groups is 1. The first-order chi connectivity index (χ1) is 15.6. The fraction of sp³-hybridized carbons (Fsp3) is 0.286. The number of rotatable bonds is 8. The van der Waals surface area contributed by atoms with Crippen molar-refractivity contribution >= 4 is 35.2 Å². The summed E-state index contributed by atoms with van der Waals surface area (Å²) in [6.45, 7) is 3.37. The molecule has 1 aliphatic heterocycles. The van der Waals surface area contributed by atoms with Gasteiger partial charge in [-0.1, -0.05) is 6.07 Å². The number of aromatic nitrogens is 1. The third kappa shape index (κ3) is 4.22. The number of nitro benzene ring substituents is 1. The van der Waals surface area contributed by atoms with Gasteiger partial charge in [0.1, 0.15) is 17.8 Å². The van der Waals surface area contributed by atoms with Crippen molar-refractivity contribution in [2.45, 2.75) is 20.8 Å². The maximum absolute atomic E-state index is 12.6. The lowest BCUT2D eigenvalue weighted by Gasteiger charge is -2.12. The monoisotopic (exact) mass is 457 g/mol. The van der Waals surface area contributed by atoms with E-state index in [9.17, 15) is 34.1 Å². The molecule has 1 aliphatic rings. The summed E-state index contributed by atoms with van der Waals surface area (Å²) in [6, 6.07) is 3.58. The molecule has 33 heavy (non-hydrogen) atoms. The number of benzene rings is 1. The summed E-state index contributed by atoms with van der Waals surface area (Å²) in [4.78, 5) is 75.4. The lowest BCUT2D eigenvalue weighted by atomic mass is 10.1. The van der Waals surface area contributed by atoms with Gasteiger partial charge in [0.2, 0.25) is 5.78 Å². The van der Waals surface area contributed by atoms with Crippen molar-refractivity contribution in [3.8, 4) is 0 Å². The van der Waals surface area contributed by atoms with E-state index in [0.29, 0.717) is 16.2 Å². The Morgan fingerprint density at radius 3 is 2.45 bits per heavy atom. The van der Waals surface area contributed by atoms with Gasteiger partial charge in [0, 0.05) is 17.3 Å². The highest BCUT2D eigenvalue weighted by atomic mass is 16.6. The number of nitrogens with zero attached hydrogens (tertiary/aromatic N) is 2. The lowest BCUT2D eigenvalue weighted by Crippen LogP contribution is -2.36. The van der Waals surface area contributed by atoms with Crippen LogP contribution in [-0.2, 0) is 14.3 Å². The summed E-state index contributed by atoms with van der Waals surface area (Å²) in [7, 11) is 0. The van der Waals surface area contributed by atoms with Crippen LogP contribution in [0.15, 0.2) is 18.2 Å². The van der Waals surface area contributed by atoms with Crippen LogP contribution >= 0.6 is 0 Å². The zero-order valence-electron chi connectivity index (χ0n) is 17.9. The summed E-state index contributed by atoms with van der Waals surface area (Å²) < 4.78 is 9.84. The van der Waals surface area contributed by atoms with Gasteiger partial charge in [0.15, 0.2) is 6.61 Å². The molecule has 0 aliphatic carbocycles. The Morgan fingerprint density at radius 2 is 1.82 bits per heavy atom. The van der Waals surface area contributed by atoms with E-state index in [2.05, 4.69) is 4.98 Å². The molecule has 0 saturated carbocycles. The number of carbonyl (C=O) groups excluding carboxylic acids is 5. The Labute approximate surface area is 186 Å². The van der Waals surface area contributed by atoms with Crippen molar-refractivity contribution in [2.75, 3.05) is 19.8 Å². The molecule has 12 nitrogen and oxygen atoms in total. The number of nitrogens with one attached hydrogen (secondary N) is 1. The Bertz CT molecular complexity index is 1210. The highest BCUT2D eigenvalue weighted by molar-refractivity contribution is 6.24. The molecule has 2 heterocycles. The highest BCUT2D eigenvalue weighted by Gasteiger charge is 2.42. The molecule has 12 heteroatoms. The first-order valence-electron chi connectivity index (χ1n) is 9.77. The number of Topliss-reactive ketones (excluding diaryl/α,β-unsaturated/α-hetero) is 1. The SMILES string of the molecule is CCOC(=O)c1[nH]c(C)c(C(=O)COC(=O)CN2C(=O)c3cccc([N+](=O)[O-])c3C2=O)c1C. The molecular weight excluding hydrogens is 438 g/mol. The Hall–Kier alpha value is -4.35. The van der Waals surface area contributed by atoms with Gasteiger partial charge in [-0.3, -0.25) is 34.2 Å². The number of imide groups is 1. The molecule has 172 valence electrons. The zero-order valence-corrected chi connectivity index (χ0v) is 17.9. The number of hydrogen-bond acceptors (Lipinski definition) is 9. The van der Waals surface area contributed by atoms with Gasteiger partial charge >= 0.3 is 11.9 Å². The van der Waals surface area contributed by atoms with Crippen LogP contribution in [-0.4, -0.2) is 64.1 Å². The predicted molar refractivity (Wildman–Crippen MR) is 110 cm³/mol. The number of ketones is 1. The molecule has 0 radical (unpaired) electrons. The van der Waals surface area contributed by atoms with E-state index in [-0.39, 0.29) is 23.4 Å². The second-order valence-corrected chi connectivity index (χ2v) is 7.08. The summed E-state index contributed by atoms with van der Waals surface area (Å²) >= 11 is 0. The van der Waals surface area contributed by atoms with Gasteiger partial charge in [-0.15, -0.1) is 0 Å². The first kappa shape index (κ1) is 23.3. The molecule has 3 rings (SSSR count). The van der Waals surface area contributed by atoms with Gasteiger partial charge < -0.3 is 14.5 Å². The minimum Gasteiger partial charge on any atom is -0.461 e. The topological polar surface area (TPSA) is 166 Å². The summed E-state index contributed by atoms with van der Waals surface area (Å²) in [6.07, 6.45) is 0. The van der Waals surface area contributed by atoms with Gasteiger partial charge in [-0.05, 0) is 32.4 Å². The zero-order chi connectivity index (χ0) is 24.4. The molecule has 0 saturated heterocycles. The summed E-state index contributed by atoms with van der Waals surface area (Å²) in [5, 5.41) is 11.2. The predicted octanol–water partition coefficient (Wildman–Crippen LogP) is 1.74. The van der Waals surface area contributed by atoms with Crippen LogP contribution < -0.4 is 0 Å². The highest BCUT2D eigenvalue weighted by Crippen LogP contribution is 2.30. The lowest BCUT2D eigenvalue weighted by molar-refractivity contribution is -0.385. The third-order valence-corrected chi connectivity index (χ3v) is 5.02. The smallest absolute Gasteiger partial charge is 0.355 e. The number of aromatic amines is 1. The Kier molecular flexibility index (Phi) is 6.38. The minimum absolute atomic E-state index is 0.108. The van der Waals surface area contributed by atoms with Gasteiger partial charge in [0.05, 0.1) is 17.1 Å². The van der Waals surface area contributed by atoms with E-state index < -0.39 is 58.9 Å². The molecule has 0 bridgehead atoms. The number of H-pyrrole nitrogens is 1. The van der Waals surface area contributed by atoms with Gasteiger partial charge in [-0.25, -0.2) is 4.79 Å². The standard InChI is InChI=1S/C21H19N3O9/c1-4-32-21(29)18-10(2)16(11(3)22-18)14(25)9-33-15(26)8-23-19(27)12-6-5-7-13(24(30)31)17(12)20(23)28/h5-7,22H,4,8-9H2,1-3H3. The molecule has 0 fully saturated rings. The number of amides is 2. The quantitative estimate of drug-likeness (QED) is 0.204. The molecule has 1 aromatic heterocycles. The van der Waals surface area contributed by atoms with E-state index in [1.54, 1.807) is 13.8 Å². The van der Waals surface area contributed by atoms with E-state index in [4.69, 9.17) is 9.47 Å². The van der Waals surface area contributed by atoms with Gasteiger partial charge in [0.25, 0.3) is 17.5 Å². The van der Waals surface area contributed by atoms with Gasteiger partial charge in [-0.2, -0.15) is 0 Å². The van der Waals surface area contributed by atoms with E-state index in [1.165, 1.54) is 19.1 Å². The molecular formula is C21H19N3O9. The number of fused-ring (bicyclic) bond motifs is 1. The maximum atomic E-state index is 12.6. The van der Waals surface area contributed by atoms with Crippen LogP contribution in [0.5, 0.6) is 0 Å². The fourth-order valence-corrected chi connectivity index (χ4v) is 3.58. The third-order valence-electron chi connectivity index (χ3n) is 5.02. The molecule has 0 spiro atoms. The fourth-order valence-electron chi connectivity index (χ4n) is 3.58. The van der Waals surface area contributed by atoms with Crippen molar-refractivity contribution in [3.05, 3.63) is 62.0 Å². The first-order valence-corrected chi connectivity index (χ1v) is 9.77. The second-order valence-electron chi connectivity index (χ2n) is 7.08. The molecule has 0 unspecified atom stereocenters. The average Bonchev–Trinajstić information content (AvgIpc) is 3.20. The maximum Gasteiger partial charge on any atom is 0.355 e. The number of esters is 2. The van der Waals surface area contributed by atoms with Crippen molar-refractivity contribution in [1.82, 2.24) is 9.88 Å². The van der Waals surface area contributed by atoms with Crippen LogP contribution in [0.25, 0.3) is 0 Å². The van der Waals surface area contributed by atoms with Crippen LogP contribution in [0.4, 0.5) is 5.69 Å². The largest absolute Gasteiger partial charge is 0.461 e. The van der Waals surface area contributed by atoms with Crippen LogP contribution in [0.1, 0.15) is 59.7 Å². The summed E-state index contributed by atoms with van der Waals surface area (Å²) in [5.74, 6) is -4.17. The Morgan fingerprint density at radius 1 is 1.12 bits per heavy atom. The Balaban J connectivity index is 1.68. The van der Waals surface area contributed by atoms with Crippen molar-refractivity contribution in [2.24, 2.45) is 0 Å². The van der Waals surface area contributed by atoms with Crippen molar-refractivity contribution in [1.29, 1.82) is 0 Å².